The van der Waals surface area contributed by atoms with Gasteiger partial charge in [0.2, 0.25) is 5.91 Å². The Morgan fingerprint density at radius 3 is 2.77 bits per heavy atom. The van der Waals surface area contributed by atoms with Gasteiger partial charge in [-0.1, -0.05) is 13.8 Å². The summed E-state index contributed by atoms with van der Waals surface area (Å²) in [7, 11) is 0. The first-order valence-electron chi connectivity index (χ1n) is 7.83. The molecule has 0 radical (unpaired) electrons. The molecule has 6 nitrogen and oxygen atoms in total. The summed E-state index contributed by atoms with van der Waals surface area (Å²) in [6.07, 6.45) is 4.75. The molecule has 0 aliphatic carbocycles. The fourth-order valence-corrected chi connectivity index (χ4v) is 2.49. The maximum absolute atomic E-state index is 12.4. The van der Waals surface area contributed by atoms with Gasteiger partial charge < -0.3 is 10.2 Å². The van der Waals surface area contributed by atoms with E-state index in [-0.39, 0.29) is 17.7 Å². The second kappa shape index (κ2) is 7.33. The second-order valence-corrected chi connectivity index (χ2v) is 6.27. The van der Waals surface area contributed by atoms with E-state index in [1.54, 1.807) is 11.1 Å². The lowest BCUT2D eigenvalue weighted by atomic mass is 9.96. The van der Waals surface area contributed by atoms with Crippen molar-refractivity contribution in [2.75, 3.05) is 19.6 Å². The number of carbonyl (C=O) groups is 2. The van der Waals surface area contributed by atoms with Gasteiger partial charge in [-0.05, 0) is 25.7 Å². The highest BCUT2D eigenvalue weighted by molar-refractivity contribution is 5.92. The zero-order valence-corrected chi connectivity index (χ0v) is 13.5. The first-order valence-corrected chi connectivity index (χ1v) is 7.83. The topological polar surface area (TPSA) is 75.2 Å². The Morgan fingerprint density at radius 1 is 1.36 bits per heavy atom. The average molecular weight is 304 g/mol. The summed E-state index contributed by atoms with van der Waals surface area (Å²) in [6, 6.07) is 0. The van der Waals surface area contributed by atoms with Crippen LogP contribution in [0.2, 0.25) is 0 Å². The average Bonchev–Trinajstić information content (AvgIpc) is 2.52. The summed E-state index contributed by atoms with van der Waals surface area (Å²) in [5, 5.41) is 2.95. The van der Waals surface area contributed by atoms with Gasteiger partial charge in [0.1, 0.15) is 5.69 Å². The van der Waals surface area contributed by atoms with E-state index in [2.05, 4.69) is 29.1 Å². The molecule has 1 fully saturated rings. The highest BCUT2D eigenvalue weighted by Gasteiger charge is 2.29. The van der Waals surface area contributed by atoms with E-state index in [4.69, 9.17) is 0 Å². The summed E-state index contributed by atoms with van der Waals surface area (Å²) >= 11 is 0. The second-order valence-electron chi connectivity index (χ2n) is 6.27. The summed E-state index contributed by atoms with van der Waals surface area (Å²) < 4.78 is 0. The van der Waals surface area contributed by atoms with Crippen molar-refractivity contribution in [1.29, 1.82) is 0 Å². The molecule has 2 heterocycles. The van der Waals surface area contributed by atoms with E-state index in [9.17, 15) is 9.59 Å². The van der Waals surface area contributed by atoms with E-state index in [1.165, 1.54) is 6.20 Å². The number of aryl methyl sites for hydroxylation is 1. The molecule has 1 atom stereocenters. The number of nitrogens with one attached hydrogen (secondary N) is 1. The van der Waals surface area contributed by atoms with Gasteiger partial charge >= 0.3 is 0 Å². The van der Waals surface area contributed by atoms with Crippen LogP contribution in [0.4, 0.5) is 0 Å². The Kier molecular flexibility index (Phi) is 5.46. The smallest absolute Gasteiger partial charge is 0.274 e. The van der Waals surface area contributed by atoms with Crippen LogP contribution in [0, 0.1) is 18.8 Å². The zero-order valence-electron chi connectivity index (χ0n) is 13.5. The minimum absolute atomic E-state index is 0.0428. The highest BCUT2D eigenvalue weighted by Crippen LogP contribution is 2.18. The molecule has 1 aromatic rings. The van der Waals surface area contributed by atoms with Gasteiger partial charge in [0, 0.05) is 25.8 Å². The van der Waals surface area contributed by atoms with Crippen LogP contribution in [0.1, 0.15) is 42.9 Å². The van der Waals surface area contributed by atoms with Crippen molar-refractivity contribution < 1.29 is 9.59 Å². The molecular formula is C16H24N4O2. The van der Waals surface area contributed by atoms with Crippen molar-refractivity contribution in [3.63, 3.8) is 0 Å². The van der Waals surface area contributed by atoms with Crippen LogP contribution < -0.4 is 5.32 Å². The minimum atomic E-state index is -0.145. The molecule has 22 heavy (non-hydrogen) atoms. The van der Waals surface area contributed by atoms with E-state index < -0.39 is 0 Å². The molecule has 0 aromatic carbocycles. The van der Waals surface area contributed by atoms with Crippen molar-refractivity contribution >= 4 is 11.8 Å². The molecule has 0 spiro atoms. The molecule has 0 saturated carbocycles. The van der Waals surface area contributed by atoms with Crippen LogP contribution in [0.25, 0.3) is 0 Å². The van der Waals surface area contributed by atoms with Crippen molar-refractivity contribution in [2.45, 2.75) is 33.6 Å². The quantitative estimate of drug-likeness (QED) is 0.912. The van der Waals surface area contributed by atoms with Crippen molar-refractivity contribution in [3.05, 3.63) is 23.8 Å². The molecule has 1 saturated heterocycles. The molecule has 6 heteroatoms. The molecular weight excluding hydrogens is 280 g/mol. The fraction of sp³-hybridized carbons (Fsp3) is 0.625. The van der Waals surface area contributed by atoms with Gasteiger partial charge in [-0.15, -0.1) is 0 Å². The van der Waals surface area contributed by atoms with Crippen LogP contribution in [-0.4, -0.2) is 46.3 Å². The monoisotopic (exact) mass is 304 g/mol. The van der Waals surface area contributed by atoms with Gasteiger partial charge in [0.05, 0.1) is 17.8 Å². The Balaban J connectivity index is 1.96. The van der Waals surface area contributed by atoms with E-state index in [0.29, 0.717) is 31.2 Å². The van der Waals surface area contributed by atoms with E-state index >= 15 is 0 Å². The number of amides is 2. The summed E-state index contributed by atoms with van der Waals surface area (Å²) in [5.41, 5.74) is 1.12. The van der Waals surface area contributed by atoms with Crippen LogP contribution >= 0.6 is 0 Å². The molecule has 1 aliphatic heterocycles. The standard InChI is InChI=1S/C16H24N4O2/c1-11(2)7-19-15(21)13-5-4-6-20(10-13)16(22)14-9-17-12(3)8-18-14/h8-9,11,13H,4-7,10H2,1-3H3,(H,19,21). The van der Waals surface area contributed by atoms with Crippen LogP contribution in [0.3, 0.4) is 0 Å². The lowest BCUT2D eigenvalue weighted by Crippen LogP contribution is -2.46. The fourth-order valence-electron chi connectivity index (χ4n) is 2.49. The normalized spacial score (nSPS) is 18.4. The third-order valence-electron chi connectivity index (χ3n) is 3.76. The van der Waals surface area contributed by atoms with Gasteiger partial charge in [-0.2, -0.15) is 0 Å². The molecule has 1 unspecified atom stereocenters. The largest absolute Gasteiger partial charge is 0.356 e. The molecule has 2 rings (SSSR count). The van der Waals surface area contributed by atoms with Crippen molar-refractivity contribution in [2.24, 2.45) is 11.8 Å². The summed E-state index contributed by atoms with van der Waals surface area (Å²) in [5.74, 6) is 0.193. The number of carbonyl (C=O) groups excluding carboxylic acids is 2. The SMILES string of the molecule is Cc1cnc(C(=O)N2CCCC(C(=O)NCC(C)C)C2)cn1. The van der Waals surface area contributed by atoms with E-state index in [0.717, 1.165) is 18.5 Å². The first-order chi connectivity index (χ1) is 10.5. The number of hydrogen-bond donors (Lipinski definition) is 1. The third-order valence-corrected chi connectivity index (χ3v) is 3.76. The van der Waals surface area contributed by atoms with E-state index in [1.807, 2.05) is 6.92 Å². The highest BCUT2D eigenvalue weighted by atomic mass is 16.2. The van der Waals surface area contributed by atoms with Crippen LogP contribution in [0.15, 0.2) is 12.4 Å². The number of aromatic nitrogens is 2. The number of nitrogens with zero attached hydrogens (tertiary/aromatic N) is 3. The van der Waals surface area contributed by atoms with Crippen LogP contribution in [0.5, 0.6) is 0 Å². The Labute approximate surface area is 131 Å². The minimum Gasteiger partial charge on any atom is -0.356 e. The first kappa shape index (κ1) is 16.4. The zero-order chi connectivity index (χ0) is 16.1. The Morgan fingerprint density at radius 2 is 2.14 bits per heavy atom. The molecule has 2 amide bonds. The van der Waals surface area contributed by atoms with Crippen molar-refractivity contribution in [3.8, 4) is 0 Å². The molecule has 120 valence electrons. The van der Waals surface area contributed by atoms with Gasteiger partial charge in [-0.3, -0.25) is 14.6 Å². The molecule has 1 aromatic heterocycles. The van der Waals surface area contributed by atoms with Gasteiger partial charge in [-0.25, -0.2) is 4.98 Å². The third kappa shape index (κ3) is 4.26. The summed E-state index contributed by atoms with van der Waals surface area (Å²) in [6.45, 7) is 7.75. The Hall–Kier alpha value is -1.98. The summed E-state index contributed by atoms with van der Waals surface area (Å²) in [4.78, 5) is 34.6. The number of piperidine rings is 1. The maximum atomic E-state index is 12.4. The lowest BCUT2D eigenvalue weighted by Gasteiger charge is -2.32. The van der Waals surface area contributed by atoms with Gasteiger partial charge in [0.15, 0.2) is 0 Å². The van der Waals surface area contributed by atoms with Gasteiger partial charge in [0.25, 0.3) is 5.91 Å². The number of likely N-dealkylation sites (tertiary alicyclic amines) is 1. The Bertz CT molecular complexity index is 527. The molecule has 1 N–H and O–H groups in total. The predicted octanol–water partition coefficient (Wildman–Crippen LogP) is 1.41. The maximum Gasteiger partial charge on any atom is 0.274 e. The molecule has 1 aliphatic rings. The lowest BCUT2D eigenvalue weighted by molar-refractivity contribution is -0.126. The predicted molar refractivity (Wildman–Crippen MR) is 83.2 cm³/mol. The number of rotatable bonds is 4. The molecule has 0 bridgehead atoms. The van der Waals surface area contributed by atoms with Crippen molar-refractivity contribution in [1.82, 2.24) is 20.2 Å². The number of hydrogen-bond acceptors (Lipinski definition) is 4. The van der Waals surface area contributed by atoms with Crippen LogP contribution in [-0.2, 0) is 4.79 Å².